The number of aliphatic imine (C=N–C) groups is 1. The Labute approximate surface area is 70.2 Å². The highest BCUT2D eigenvalue weighted by Gasteiger charge is 2.12. The van der Waals surface area contributed by atoms with Crippen LogP contribution in [0.1, 0.15) is 34.6 Å². The number of rotatable bonds is 2. The number of hydrogen-bond acceptors (Lipinski definition) is 1. The molecule has 0 aliphatic rings. The summed E-state index contributed by atoms with van der Waals surface area (Å²) in [5, 5.41) is 0. The normalized spacial score (nSPS) is 14.5. The Hall–Kier alpha value is -0.590. The molecule has 0 saturated carbocycles. The first-order chi connectivity index (χ1) is 4.98. The predicted octanol–water partition coefficient (Wildman–Crippen LogP) is 3.07. The average Bonchev–Trinajstić information content (AvgIpc) is 1.86. The summed E-state index contributed by atoms with van der Waals surface area (Å²) in [7, 11) is 0. The molecule has 0 aromatic heterocycles. The quantitative estimate of drug-likeness (QED) is 0.427. The van der Waals surface area contributed by atoms with Crippen LogP contribution in [0.15, 0.2) is 17.1 Å². The van der Waals surface area contributed by atoms with Crippen LogP contribution in [0.4, 0.5) is 0 Å². The van der Waals surface area contributed by atoms with Gasteiger partial charge in [0.1, 0.15) is 0 Å². The molecule has 11 heavy (non-hydrogen) atoms. The Morgan fingerprint density at radius 2 is 1.91 bits per heavy atom. The minimum atomic E-state index is 0.224. The zero-order valence-corrected chi connectivity index (χ0v) is 8.31. The first-order valence-corrected chi connectivity index (χ1v) is 4.11. The fraction of sp³-hybridized carbons (Fsp3) is 0.700. The van der Waals surface area contributed by atoms with Gasteiger partial charge in [-0.2, -0.15) is 0 Å². The zero-order valence-electron chi connectivity index (χ0n) is 8.31. The van der Waals surface area contributed by atoms with Crippen LogP contribution < -0.4 is 0 Å². The van der Waals surface area contributed by atoms with E-state index in [-0.39, 0.29) is 5.41 Å². The van der Waals surface area contributed by atoms with Gasteiger partial charge in [0.15, 0.2) is 0 Å². The van der Waals surface area contributed by atoms with E-state index in [0.717, 1.165) is 6.54 Å². The summed E-state index contributed by atoms with van der Waals surface area (Å²) in [6, 6.07) is 0. The third-order valence-corrected chi connectivity index (χ3v) is 1.75. The maximum Gasteiger partial charge on any atom is 0.0569 e. The van der Waals surface area contributed by atoms with Crippen molar-refractivity contribution in [1.29, 1.82) is 0 Å². The van der Waals surface area contributed by atoms with Gasteiger partial charge >= 0.3 is 0 Å². The Balaban J connectivity index is 4.01. The summed E-state index contributed by atoms with van der Waals surface area (Å²) in [6.45, 7) is 11.5. The third kappa shape index (κ3) is 4.77. The van der Waals surface area contributed by atoms with E-state index in [9.17, 15) is 0 Å². The highest BCUT2D eigenvalue weighted by atomic mass is 14.7. The molecular weight excluding hydrogens is 134 g/mol. The van der Waals surface area contributed by atoms with Crippen molar-refractivity contribution in [2.24, 2.45) is 10.4 Å². The molecule has 0 unspecified atom stereocenters. The van der Waals surface area contributed by atoms with Gasteiger partial charge in [-0.3, -0.25) is 4.99 Å². The van der Waals surface area contributed by atoms with E-state index in [1.54, 1.807) is 0 Å². The monoisotopic (exact) mass is 153 g/mol. The first-order valence-electron chi connectivity index (χ1n) is 4.11. The van der Waals surface area contributed by atoms with Crippen LogP contribution >= 0.6 is 0 Å². The Kier molecular flexibility index (Phi) is 4.09. The molecular formula is C10H19N. The summed E-state index contributed by atoms with van der Waals surface area (Å²) >= 11 is 0. The maximum absolute atomic E-state index is 4.42. The van der Waals surface area contributed by atoms with E-state index in [1.807, 2.05) is 13.0 Å². The molecule has 0 spiro atoms. The third-order valence-electron chi connectivity index (χ3n) is 1.75. The molecule has 0 N–H and O–H groups in total. The van der Waals surface area contributed by atoms with Crippen molar-refractivity contribution >= 4 is 5.71 Å². The Morgan fingerprint density at radius 1 is 1.36 bits per heavy atom. The minimum absolute atomic E-state index is 0.224. The molecule has 1 nitrogen and oxygen atoms in total. The van der Waals surface area contributed by atoms with Crippen molar-refractivity contribution in [3.8, 4) is 0 Å². The lowest BCUT2D eigenvalue weighted by Crippen LogP contribution is -2.16. The summed E-state index contributed by atoms with van der Waals surface area (Å²) in [5.41, 5.74) is 1.44. The summed E-state index contributed by atoms with van der Waals surface area (Å²) in [6.07, 6.45) is 4.09. The van der Waals surface area contributed by atoms with Crippen LogP contribution in [-0.2, 0) is 0 Å². The van der Waals surface area contributed by atoms with Gasteiger partial charge in [0.2, 0.25) is 0 Å². The average molecular weight is 153 g/mol. The molecule has 0 aromatic carbocycles. The molecule has 64 valence electrons. The number of allylic oxidation sites excluding steroid dienone is 1. The number of nitrogens with zero attached hydrogens (tertiary/aromatic N) is 1. The van der Waals surface area contributed by atoms with E-state index in [1.165, 1.54) is 5.71 Å². The molecule has 0 radical (unpaired) electrons. The van der Waals surface area contributed by atoms with Crippen LogP contribution in [0.3, 0.4) is 0 Å². The zero-order chi connectivity index (χ0) is 8.91. The lowest BCUT2D eigenvalue weighted by molar-refractivity contribution is 0.586. The molecule has 0 saturated heterocycles. The minimum Gasteiger partial charge on any atom is -0.290 e. The lowest BCUT2D eigenvalue weighted by atomic mass is 9.91. The van der Waals surface area contributed by atoms with Gasteiger partial charge in [0.05, 0.1) is 6.54 Å². The topological polar surface area (TPSA) is 12.4 Å². The summed E-state index contributed by atoms with van der Waals surface area (Å²) in [4.78, 5) is 4.42. The molecule has 0 atom stereocenters. The highest BCUT2D eigenvalue weighted by Crippen LogP contribution is 2.15. The highest BCUT2D eigenvalue weighted by molar-refractivity contribution is 5.86. The van der Waals surface area contributed by atoms with Crippen molar-refractivity contribution in [1.82, 2.24) is 0 Å². The van der Waals surface area contributed by atoms with Gasteiger partial charge in [-0.15, -0.1) is 0 Å². The van der Waals surface area contributed by atoms with Crippen LogP contribution in [-0.4, -0.2) is 12.3 Å². The first kappa shape index (κ1) is 10.4. The van der Waals surface area contributed by atoms with Crippen LogP contribution in [0.5, 0.6) is 0 Å². The molecule has 0 bridgehead atoms. The molecule has 0 heterocycles. The molecule has 0 aromatic rings. The standard InChI is InChI=1S/C10H19N/c1-6-7-8-11-9(2)10(3,4)5/h6-7H,8H2,1-5H3/b7-6+,11-9+. The van der Waals surface area contributed by atoms with Crippen molar-refractivity contribution < 1.29 is 0 Å². The SMILES string of the molecule is C/C=C/C/N=C(\C)C(C)(C)C. The molecule has 0 rings (SSSR count). The predicted molar refractivity (Wildman–Crippen MR) is 52.2 cm³/mol. The molecule has 1 heteroatoms. The summed E-state index contributed by atoms with van der Waals surface area (Å²) < 4.78 is 0. The molecule has 0 aliphatic carbocycles. The Bertz CT molecular complexity index is 158. The van der Waals surface area contributed by atoms with Gasteiger partial charge < -0.3 is 0 Å². The van der Waals surface area contributed by atoms with Crippen molar-refractivity contribution in [2.45, 2.75) is 34.6 Å². The van der Waals surface area contributed by atoms with Gasteiger partial charge in [-0.1, -0.05) is 32.9 Å². The van der Waals surface area contributed by atoms with Crippen molar-refractivity contribution in [3.63, 3.8) is 0 Å². The van der Waals surface area contributed by atoms with E-state index in [2.05, 4.69) is 38.8 Å². The van der Waals surface area contributed by atoms with Gasteiger partial charge in [-0.05, 0) is 19.3 Å². The van der Waals surface area contributed by atoms with E-state index in [4.69, 9.17) is 0 Å². The lowest BCUT2D eigenvalue weighted by Gasteiger charge is -2.17. The van der Waals surface area contributed by atoms with Crippen LogP contribution in [0.25, 0.3) is 0 Å². The van der Waals surface area contributed by atoms with Gasteiger partial charge in [0, 0.05) is 5.71 Å². The fourth-order valence-electron chi connectivity index (χ4n) is 0.532. The smallest absolute Gasteiger partial charge is 0.0569 e. The fourth-order valence-corrected chi connectivity index (χ4v) is 0.532. The summed E-state index contributed by atoms with van der Waals surface area (Å²) in [5.74, 6) is 0. The second-order valence-electron chi connectivity index (χ2n) is 3.75. The van der Waals surface area contributed by atoms with Crippen molar-refractivity contribution in [3.05, 3.63) is 12.2 Å². The van der Waals surface area contributed by atoms with Gasteiger partial charge in [-0.25, -0.2) is 0 Å². The van der Waals surface area contributed by atoms with E-state index >= 15 is 0 Å². The van der Waals surface area contributed by atoms with Crippen LogP contribution in [0, 0.1) is 5.41 Å². The largest absolute Gasteiger partial charge is 0.290 e. The second kappa shape index (κ2) is 4.32. The maximum atomic E-state index is 4.42. The van der Waals surface area contributed by atoms with E-state index in [0.29, 0.717) is 0 Å². The van der Waals surface area contributed by atoms with Gasteiger partial charge in [0.25, 0.3) is 0 Å². The Morgan fingerprint density at radius 3 is 2.27 bits per heavy atom. The van der Waals surface area contributed by atoms with Crippen molar-refractivity contribution in [2.75, 3.05) is 6.54 Å². The second-order valence-corrected chi connectivity index (χ2v) is 3.75. The number of hydrogen-bond donors (Lipinski definition) is 0. The van der Waals surface area contributed by atoms with E-state index < -0.39 is 0 Å². The molecule has 0 fully saturated rings. The molecule has 0 aliphatic heterocycles. The molecule has 0 amide bonds. The van der Waals surface area contributed by atoms with Crippen LogP contribution in [0.2, 0.25) is 0 Å².